The van der Waals surface area contributed by atoms with Crippen molar-refractivity contribution < 1.29 is 19.7 Å². The predicted molar refractivity (Wildman–Crippen MR) is 136 cm³/mol. The molecule has 2 aromatic carbocycles. The molecular weight excluding hydrogens is 440 g/mol. The predicted octanol–water partition coefficient (Wildman–Crippen LogP) is 4.52. The monoisotopic (exact) mass is 472 g/mol. The Bertz CT molecular complexity index is 1200. The Hall–Kier alpha value is -3.40. The van der Waals surface area contributed by atoms with Gasteiger partial charge in [-0.25, -0.2) is 0 Å². The number of hydrogen-bond acceptors (Lipinski definition) is 5. The van der Waals surface area contributed by atoms with Gasteiger partial charge in [-0.15, -0.1) is 0 Å². The van der Waals surface area contributed by atoms with Crippen LogP contribution in [0.15, 0.2) is 60.8 Å². The number of carboxylic acid groups (broad SMARTS) is 1. The number of fused-ring (bicyclic) bond motifs is 1. The number of carboxylic acids is 1. The molecule has 0 aliphatic carbocycles. The summed E-state index contributed by atoms with van der Waals surface area (Å²) < 4.78 is 5.35. The molecule has 1 saturated heterocycles. The van der Waals surface area contributed by atoms with Crippen LogP contribution in [0.4, 0.5) is 0 Å². The number of carbonyl (C=O) groups is 1. The number of aliphatic hydroxyl groups is 1. The Morgan fingerprint density at radius 2 is 2.03 bits per heavy atom. The summed E-state index contributed by atoms with van der Waals surface area (Å²) in [5.74, 6) is 6.66. The molecule has 3 aromatic rings. The van der Waals surface area contributed by atoms with E-state index in [1.165, 1.54) is 0 Å². The number of piperidine rings is 1. The molecular formula is C29H32N2O4. The first-order valence-electron chi connectivity index (χ1n) is 12.1. The van der Waals surface area contributed by atoms with Crippen LogP contribution in [0.25, 0.3) is 10.9 Å². The standard InChI is InChI=1S/C29H32N2O4/c1-35-24-10-11-27-26(19-24)25(13-15-30-27)28(32)12-9-22-14-17-31(20-23(22)18-29(33)34)16-5-8-21-6-3-2-4-7-21/h2-4,6-7,10-11,13,15,19,22-23,28,32H,9,12,14,16-18,20H2,1H3,(H,33,34)/t22-,23+,28+/m1/s1. The molecule has 0 bridgehead atoms. The van der Waals surface area contributed by atoms with Gasteiger partial charge in [0, 0.05) is 30.1 Å². The second-order valence-corrected chi connectivity index (χ2v) is 9.19. The van der Waals surface area contributed by atoms with Crippen molar-refractivity contribution in [1.82, 2.24) is 9.88 Å². The van der Waals surface area contributed by atoms with Gasteiger partial charge < -0.3 is 14.9 Å². The summed E-state index contributed by atoms with van der Waals surface area (Å²) in [4.78, 5) is 18.2. The van der Waals surface area contributed by atoms with Gasteiger partial charge in [0.25, 0.3) is 0 Å². The molecule has 1 aliphatic rings. The van der Waals surface area contributed by atoms with Crippen LogP contribution >= 0.6 is 0 Å². The average Bonchev–Trinajstić information content (AvgIpc) is 2.87. The fourth-order valence-electron chi connectivity index (χ4n) is 5.00. The van der Waals surface area contributed by atoms with E-state index in [-0.39, 0.29) is 18.3 Å². The van der Waals surface area contributed by atoms with Crippen molar-refractivity contribution in [2.75, 3.05) is 26.7 Å². The van der Waals surface area contributed by atoms with E-state index < -0.39 is 12.1 Å². The van der Waals surface area contributed by atoms with Gasteiger partial charge in [0.05, 0.1) is 25.3 Å². The van der Waals surface area contributed by atoms with Gasteiger partial charge in [-0.1, -0.05) is 30.0 Å². The Kier molecular flexibility index (Phi) is 8.36. The number of pyridine rings is 1. The number of likely N-dealkylation sites (tertiary alicyclic amines) is 1. The average molecular weight is 473 g/mol. The molecule has 6 nitrogen and oxygen atoms in total. The first-order chi connectivity index (χ1) is 17.0. The van der Waals surface area contributed by atoms with E-state index in [1.54, 1.807) is 13.3 Å². The van der Waals surface area contributed by atoms with Crippen molar-refractivity contribution in [3.63, 3.8) is 0 Å². The fraction of sp³-hybridized carbons (Fsp3) is 0.379. The normalized spacial score (nSPS) is 19.0. The van der Waals surface area contributed by atoms with Crippen molar-refractivity contribution in [3.05, 3.63) is 71.9 Å². The molecule has 0 radical (unpaired) electrons. The van der Waals surface area contributed by atoms with Gasteiger partial charge in [-0.2, -0.15) is 0 Å². The molecule has 35 heavy (non-hydrogen) atoms. The van der Waals surface area contributed by atoms with Crippen molar-refractivity contribution >= 4 is 16.9 Å². The minimum absolute atomic E-state index is 0.0428. The molecule has 0 amide bonds. The molecule has 6 heteroatoms. The van der Waals surface area contributed by atoms with E-state index in [0.717, 1.165) is 47.2 Å². The lowest BCUT2D eigenvalue weighted by molar-refractivity contribution is -0.139. The highest BCUT2D eigenvalue weighted by Crippen LogP contribution is 2.34. The molecule has 1 aromatic heterocycles. The van der Waals surface area contributed by atoms with Crippen molar-refractivity contribution in [2.45, 2.75) is 31.8 Å². The number of aliphatic carboxylic acids is 1. The van der Waals surface area contributed by atoms with Crippen LogP contribution < -0.4 is 4.74 Å². The first-order valence-corrected chi connectivity index (χ1v) is 12.1. The lowest BCUT2D eigenvalue weighted by Crippen LogP contribution is -2.41. The highest BCUT2D eigenvalue weighted by Gasteiger charge is 2.31. The maximum absolute atomic E-state index is 11.6. The molecule has 3 atom stereocenters. The minimum atomic E-state index is -0.773. The van der Waals surface area contributed by atoms with Gasteiger partial charge >= 0.3 is 5.97 Å². The number of aliphatic hydroxyl groups excluding tert-OH is 1. The van der Waals surface area contributed by atoms with Crippen LogP contribution in [0.2, 0.25) is 0 Å². The van der Waals surface area contributed by atoms with Crippen LogP contribution in [0.1, 0.15) is 42.9 Å². The van der Waals surface area contributed by atoms with Gasteiger partial charge in [0.2, 0.25) is 0 Å². The topological polar surface area (TPSA) is 82.9 Å². The number of nitrogens with zero attached hydrogens (tertiary/aromatic N) is 2. The van der Waals surface area contributed by atoms with Crippen LogP contribution in [-0.2, 0) is 4.79 Å². The molecule has 1 fully saturated rings. The van der Waals surface area contributed by atoms with Crippen molar-refractivity contribution in [2.24, 2.45) is 11.8 Å². The zero-order chi connectivity index (χ0) is 24.6. The number of methoxy groups -OCH3 is 1. The highest BCUT2D eigenvalue weighted by atomic mass is 16.5. The Labute approximate surface area is 206 Å². The van der Waals surface area contributed by atoms with E-state index in [4.69, 9.17) is 4.74 Å². The summed E-state index contributed by atoms with van der Waals surface area (Å²) in [6, 6.07) is 17.4. The lowest BCUT2D eigenvalue weighted by atomic mass is 9.79. The zero-order valence-corrected chi connectivity index (χ0v) is 20.1. The Morgan fingerprint density at radius 1 is 1.20 bits per heavy atom. The highest BCUT2D eigenvalue weighted by molar-refractivity contribution is 5.83. The summed E-state index contributed by atoms with van der Waals surface area (Å²) in [6.07, 6.45) is 3.46. The molecule has 2 N–H and O–H groups in total. The van der Waals surface area contributed by atoms with Gasteiger partial charge in [-0.05, 0) is 79.6 Å². The summed E-state index contributed by atoms with van der Waals surface area (Å²) >= 11 is 0. The van der Waals surface area contributed by atoms with Crippen molar-refractivity contribution in [1.29, 1.82) is 0 Å². The Balaban J connectivity index is 1.39. The molecule has 2 heterocycles. The third-order valence-corrected chi connectivity index (χ3v) is 6.87. The largest absolute Gasteiger partial charge is 0.497 e. The van der Waals surface area contributed by atoms with Gasteiger partial charge in [0.15, 0.2) is 0 Å². The number of rotatable bonds is 8. The molecule has 1 aliphatic heterocycles. The van der Waals surface area contributed by atoms with E-state index in [2.05, 4.69) is 21.7 Å². The minimum Gasteiger partial charge on any atom is -0.497 e. The van der Waals surface area contributed by atoms with Crippen LogP contribution in [-0.4, -0.2) is 52.8 Å². The van der Waals surface area contributed by atoms with Gasteiger partial charge in [-0.3, -0.25) is 14.7 Å². The quantitative estimate of drug-likeness (QED) is 0.469. The maximum Gasteiger partial charge on any atom is 0.303 e. The summed E-state index contributed by atoms with van der Waals surface area (Å²) in [7, 11) is 1.62. The number of ether oxygens (including phenoxy) is 1. The second kappa shape index (κ2) is 11.8. The number of benzene rings is 2. The third kappa shape index (κ3) is 6.60. The molecule has 4 rings (SSSR count). The van der Waals surface area contributed by atoms with Crippen LogP contribution in [0, 0.1) is 23.7 Å². The first kappa shape index (κ1) is 24.7. The molecule has 0 saturated carbocycles. The lowest BCUT2D eigenvalue weighted by Gasteiger charge is -2.37. The molecule has 0 spiro atoms. The zero-order valence-electron chi connectivity index (χ0n) is 20.1. The second-order valence-electron chi connectivity index (χ2n) is 9.19. The Morgan fingerprint density at radius 3 is 2.80 bits per heavy atom. The maximum atomic E-state index is 11.6. The van der Waals surface area contributed by atoms with Crippen LogP contribution in [0.5, 0.6) is 5.75 Å². The smallest absolute Gasteiger partial charge is 0.303 e. The van der Waals surface area contributed by atoms with Crippen molar-refractivity contribution in [3.8, 4) is 17.6 Å². The fourth-order valence-corrected chi connectivity index (χ4v) is 5.00. The van der Waals surface area contributed by atoms with E-state index in [0.29, 0.717) is 19.5 Å². The summed E-state index contributed by atoms with van der Waals surface area (Å²) in [5.41, 5.74) is 2.63. The van der Waals surface area contributed by atoms with E-state index in [1.807, 2.05) is 54.6 Å². The number of hydrogen-bond donors (Lipinski definition) is 2. The van der Waals surface area contributed by atoms with Crippen LogP contribution in [0.3, 0.4) is 0 Å². The number of aromatic nitrogens is 1. The SMILES string of the molecule is COc1ccc2nccc([C@@H](O)CC[C@@H]3CCN(CC#Cc4ccccc4)C[C@@H]3CC(=O)O)c2c1. The third-order valence-electron chi connectivity index (χ3n) is 6.87. The summed E-state index contributed by atoms with van der Waals surface area (Å²) in [5, 5.41) is 21.4. The molecule has 182 valence electrons. The van der Waals surface area contributed by atoms with E-state index in [9.17, 15) is 15.0 Å². The van der Waals surface area contributed by atoms with E-state index >= 15 is 0 Å². The summed E-state index contributed by atoms with van der Waals surface area (Å²) in [6.45, 7) is 2.23. The molecule has 0 unspecified atom stereocenters. The van der Waals surface area contributed by atoms with Gasteiger partial charge in [0.1, 0.15) is 5.75 Å².